The van der Waals surface area contributed by atoms with Crippen LogP contribution in [-0.2, 0) is 4.79 Å². The summed E-state index contributed by atoms with van der Waals surface area (Å²) >= 11 is 0. The van der Waals surface area contributed by atoms with Crippen LogP contribution in [0.25, 0.3) is 0 Å². The van der Waals surface area contributed by atoms with Crippen LogP contribution in [0.2, 0.25) is 0 Å². The maximum absolute atomic E-state index is 12.4. The summed E-state index contributed by atoms with van der Waals surface area (Å²) in [6.07, 6.45) is 8.94. The van der Waals surface area contributed by atoms with Crippen molar-refractivity contribution in [2.45, 2.75) is 44.7 Å². The minimum atomic E-state index is 0.304. The number of fused-ring (bicyclic) bond motifs is 2. The van der Waals surface area contributed by atoms with Crippen LogP contribution in [0, 0.1) is 0 Å². The predicted octanol–water partition coefficient (Wildman–Crippen LogP) is 1.92. The van der Waals surface area contributed by atoms with E-state index in [4.69, 9.17) is 0 Å². The number of H-pyrrole nitrogens is 1. The Labute approximate surface area is 146 Å². The molecule has 0 aliphatic carbocycles. The number of nitrogens with one attached hydrogen (secondary N) is 2. The summed E-state index contributed by atoms with van der Waals surface area (Å²) in [4.78, 5) is 25.7. The van der Waals surface area contributed by atoms with Gasteiger partial charge in [-0.2, -0.15) is 10.1 Å². The molecule has 2 aromatic heterocycles. The van der Waals surface area contributed by atoms with E-state index in [2.05, 4.69) is 42.2 Å². The average Bonchev–Trinajstić information content (AvgIpc) is 3.21. The summed E-state index contributed by atoms with van der Waals surface area (Å²) in [5.74, 6) is 1.76. The number of piperazine rings is 1. The Kier molecular flexibility index (Phi) is 4.25. The van der Waals surface area contributed by atoms with E-state index in [-0.39, 0.29) is 0 Å². The largest absolute Gasteiger partial charge is 0.352 e. The van der Waals surface area contributed by atoms with Crippen LogP contribution in [0.3, 0.4) is 0 Å². The number of hydrogen-bond acceptors (Lipinski definition) is 6. The van der Waals surface area contributed by atoms with Gasteiger partial charge in [-0.15, -0.1) is 0 Å². The number of aromatic amines is 1. The zero-order chi connectivity index (χ0) is 17.2. The SMILES string of the molecule is CCCC(=O)N1[C@@H]2CC[C@H]1CN(c1ccnc(Nc3cn[nH]c3)n1)C2. The maximum Gasteiger partial charge on any atom is 0.229 e. The Balaban J connectivity index is 1.48. The molecule has 0 aromatic carbocycles. The van der Waals surface area contributed by atoms with E-state index in [1.165, 1.54) is 0 Å². The van der Waals surface area contributed by atoms with Crippen molar-refractivity contribution in [2.24, 2.45) is 0 Å². The molecule has 2 saturated heterocycles. The van der Waals surface area contributed by atoms with Crippen LogP contribution in [0.5, 0.6) is 0 Å². The topological polar surface area (TPSA) is 90.0 Å². The highest BCUT2D eigenvalue weighted by atomic mass is 16.2. The Morgan fingerprint density at radius 1 is 1.36 bits per heavy atom. The van der Waals surface area contributed by atoms with Crippen molar-refractivity contribution in [3.8, 4) is 0 Å². The molecular formula is C17H23N7O. The van der Waals surface area contributed by atoms with Gasteiger partial charge >= 0.3 is 0 Å². The second-order valence-electron chi connectivity index (χ2n) is 6.69. The van der Waals surface area contributed by atoms with Gasteiger partial charge in [0.2, 0.25) is 11.9 Å². The van der Waals surface area contributed by atoms with Gasteiger partial charge < -0.3 is 15.1 Å². The lowest BCUT2D eigenvalue weighted by molar-refractivity contribution is -0.134. The van der Waals surface area contributed by atoms with Gasteiger partial charge in [-0.25, -0.2) is 4.98 Å². The van der Waals surface area contributed by atoms with E-state index in [9.17, 15) is 4.79 Å². The van der Waals surface area contributed by atoms with E-state index in [0.717, 1.165) is 43.9 Å². The van der Waals surface area contributed by atoms with Gasteiger partial charge in [0.15, 0.2) is 0 Å². The van der Waals surface area contributed by atoms with Crippen molar-refractivity contribution in [3.63, 3.8) is 0 Å². The summed E-state index contributed by atoms with van der Waals surface area (Å²) in [7, 11) is 0. The monoisotopic (exact) mass is 341 g/mol. The van der Waals surface area contributed by atoms with Gasteiger partial charge in [-0.05, 0) is 25.3 Å². The quantitative estimate of drug-likeness (QED) is 0.863. The Morgan fingerprint density at radius 2 is 2.16 bits per heavy atom. The van der Waals surface area contributed by atoms with Crippen molar-refractivity contribution < 1.29 is 4.79 Å². The molecule has 2 aromatic rings. The highest BCUT2D eigenvalue weighted by molar-refractivity contribution is 5.77. The summed E-state index contributed by atoms with van der Waals surface area (Å²) in [5, 5.41) is 9.80. The summed E-state index contributed by atoms with van der Waals surface area (Å²) in [5.41, 5.74) is 0.826. The Bertz CT molecular complexity index is 718. The molecule has 1 amide bonds. The molecule has 2 bridgehead atoms. The number of rotatable bonds is 5. The maximum atomic E-state index is 12.4. The molecule has 132 valence electrons. The third-order valence-electron chi connectivity index (χ3n) is 4.95. The van der Waals surface area contributed by atoms with Gasteiger partial charge in [0.1, 0.15) is 5.82 Å². The third-order valence-corrected chi connectivity index (χ3v) is 4.95. The third kappa shape index (κ3) is 3.16. The lowest BCUT2D eigenvalue weighted by Crippen LogP contribution is -2.56. The van der Waals surface area contributed by atoms with Crippen LogP contribution in [0.1, 0.15) is 32.6 Å². The normalized spacial score (nSPS) is 22.3. The molecular weight excluding hydrogens is 318 g/mol. The zero-order valence-corrected chi connectivity index (χ0v) is 14.4. The summed E-state index contributed by atoms with van der Waals surface area (Å²) in [6.45, 7) is 3.74. The second kappa shape index (κ2) is 6.70. The molecule has 2 aliphatic heterocycles. The standard InChI is InChI=1S/C17H23N7O/c1-2-3-16(25)24-13-4-5-14(24)11-23(10-13)15-6-7-18-17(22-15)21-12-8-19-20-9-12/h6-9,13-14H,2-5,10-11H2,1H3,(H,19,20)(H,18,21,22)/t13-,14+. The second-order valence-corrected chi connectivity index (χ2v) is 6.69. The summed E-state index contributed by atoms with van der Waals surface area (Å²) < 4.78 is 0. The molecule has 0 spiro atoms. The number of amides is 1. The molecule has 0 unspecified atom stereocenters. The van der Waals surface area contributed by atoms with E-state index < -0.39 is 0 Å². The smallest absolute Gasteiger partial charge is 0.229 e. The van der Waals surface area contributed by atoms with Crippen molar-refractivity contribution in [2.75, 3.05) is 23.3 Å². The van der Waals surface area contributed by atoms with E-state index >= 15 is 0 Å². The van der Waals surface area contributed by atoms with Crippen molar-refractivity contribution in [3.05, 3.63) is 24.7 Å². The van der Waals surface area contributed by atoms with Gasteiger partial charge in [0.25, 0.3) is 0 Å². The molecule has 2 N–H and O–H groups in total. The molecule has 25 heavy (non-hydrogen) atoms. The lowest BCUT2D eigenvalue weighted by Gasteiger charge is -2.41. The molecule has 8 nitrogen and oxygen atoms in total. The number of aromatic nitrogens is 4. The minimum absolute atomic E-state index is 0.304. The minimum Gasteiger partial charge on any atom is -0.352 e. The number of nitrogens with zero attached hydrogens (tertiary/aromatic N) is 5. The molecule has 4 rings (SSSR count). The first-order valence-corrected chi connectivity index (χ1v) is 8.89. The van der Waals surface area contributed by atoms with Crippen LogP contribution in [-0.4, -0.2) is 56.1 Å². The van der Waals surface area contributed by atoms with Crippen molar-refractivity contribution in [1.82, 2.24) is 25.1 Å². The molecule has 8 heteroatoms. The first-order chi connectivity index (χ1) is 12.2. The van der Waals surface area contributed by atoms with Gasteiger partial charge in [0, 0.05) is 44.0 Å². The predicted molar refractivity (Wildman–Crippen MR) is 94.7 cm³/mol. The summed E-state index contributed by atoms with van der Waals surface area (Å²) in [6, 6.07) is 2.54. The molecule has 0 saturated carbocycles. The van der Waals surface area contributed by atoms with E-state index in [0.29, 0.717) is 30.4 Å². The van der Waals surface area contributed by atoms with Crippen LogP contribution in [0.15, 0.2) is 24.7 Å². The van der Waals surface area contributed by atoms with Crippen molar-refractivity contribution in [1.29, 1.82) is 0 Å². The fourth-order valence-electron chi connectivity index (χ4n) is 3.87. The van der Waals surface area contributed by atoms with Gasteiger partial charge in [0.05, 0.1) is 11.9 Å². The number of carbonyl (C=O) groups is 1. The van der Waals surface area contributed by atoms with Gasteiger partial charge in [-0.1, -0.05) is 6.92 Å². The Hall–Kier alpha value is -2.64. The number of anilines is 3. The van der Waals surface area contributed by atoms with Crippen molar-refractivity contribution >= 4 is 23.4 Å². The zero-order valence-electron chi connectivity index (χ0n) is 14.4. The fraction of sp³-hybridized carbons (Fsp3) is 0.529. The number of carbonyl (C=O) groups excluding carboxylic acids is 1. The highest BCUT2D eigenvalue weighted by Crippen LogP contribution is 2.33. The molecule has 2 aliphatic rings. The molecule has 2 atom stereocenters. The van der Waals surface area contributed by atoms with E-state index in [1.807, 2.05) is 6.07 Å². The highest BCUT2D eigenvalue weighted by Gasteiger charge is 2.42. The fourth-order valence-corrected chi connectivity index (χ4v) is 3.87. The number of hydrogen-bond donors (Lipinski definition) is 2. The first-order valence-electron chi connectivity index (χ1n) is 8.89. The van der Waals surface area contributed by atoms with Crippen LogP contribution >= 0.6 is 0 Å². The Morgan fingerprint density at radius 3 is 2.84 bits per heavy atom. The van der Waals surface area contributed by atoms with Crippen LogP contribution < -0.4 is 10.2 Å². The van der Waals surface area contributed by atoms with Gasteiger partial charge in [-0.3, -0.25) is 9.89 Å². The molecule has 4 heterocycles. The first kappa shape index (κ1) is 15.9. The lowest BCUT2D eigenvalue weighted by atomic mass is 10.1. The van der Waals surface area contributed by atoms with E-state index in [1.54, 1.807) is 18.6 Å². The molecule has 0 radical (unpaired) electrons. The average molecular weight is 341 g/mol. The molecule has 2 fully saturated rings. The van der Waals surface area contributed by atoms with Crippen LogP contribution in [0.4, 0.5) is 17.5 Å².